The molecule has 1 N–H and O–H groups in total. The molecule has 0 unspecified atom stereocenters. The van der Waals surface area contributed by atoms with E-state index in [-0.39, 0.29) is 0 Å². The maximum Gasteiger partial charge on any atom is 0.147 e. The molecule has 1 aromatic carbocycles. The minimum atomic E-state index is 0.333. The summed E-state index contributed by atoms with van der Waals surface area (Å²) >= 11 is 0. The third-order valence-corrected chi connectivity index (χ3v) is 5.69. The van der Waals surface area contributed by atoms with Crippen LogP contribution in [0.15, 0.2) is 36.7 Å². The van der Waals surface area contributed by atoms with Gasteiger partial charge in [0.25, 0.3) is 0 Å². The first-order chi connectivity index (χ1) is 12.8. The highest BCUT2D eigenvalue weighted by atomic mass is 16.3. The van der Waals surface area contributed by atoms with Gasteiger partial charge in [0.1, 0.15) is 5.82 Å². The summed E-state index contributed by atoms with van der Waals surface area (Å²) in [6.45, 7) is 5.67. The number of aliphatic hydroxyl groups is 1. The molecule has 138 valence electrons. The van der Waals surface area contributed by atoms with Gasteiger partial charge in [-0.2, -0.15) is 0 Å². The van der Waals surface area contributed by atoms with Gasteiger partial charge >= 0.3 is 0 Å². The zero-order chi connectivity index (χ0) is 17.8. The number of benzene rings is 1. The number of aromatic nitrogens is 2. The summed E-state index contributed by atoms with van der Waals surface area (Å²) in [6, 6.07) is 8.69. The fraction of sp³-hybridized carbons (Fsp3) is 0.524. The molecular weight excluding hydrogens is 324 g/mol. The molecule has 26 heavy (non-hydrogen) atoms. The molecule has 2 fully saturated rings. The van der Waals surface area contributed by atoms with Gasteiger partial charge in [0.2, 0.25) is 0 Å². The summed E-state index contributed by atoms with van der Waals surface area (Å²) in [4.78, 5) is 14.0. The van der Waals surface area contributed by atoms with Crippen LogP contribution in [0, 0.1) is 5.92 Å². The van der Waals surface area contributed by atoms with E-state index in [1.807, 2.05) is 12.4 Å². The summed E-state index contributed by atoms with van der Waals surface area (Å²) < 4.78 is 0. The van der Waals surface area contributed by atoms with Gasteiger partial charge in [0.15, 0.2) is 0 Å². The molecule has 0 amide bonds. The highest BCUT2D eigenvalue weighted by Crippen LogP contribution is 2.22. The Hall–Kier alpha value is -1.98. The van der Waals surface area contributed by atoms with Crippen LogP contribution in [-0.2, 0) is 6.54 Å². The van der Waals surface area contributed by atoms with E-state index in [1.165, 1.54) is 18.4 Å². The smallest absolute Gasteiger partial charge is 0.147 e. The lowest BCUT2D eigenvalue weighted by molar-refractivity contribution is 0.127. The minimum Gasteiger partial charge on any atom is -0.396 e. The van der Waals surface area contributed by atoms with Gasteiger partial charge in [-0.3, -0.25) is 9.88 Å². The van der Waals surface area contributed by atoms with Gasteiger partial charge < -0.3 is 10.0 Å². The van der Waals surface area contributed by atoms with E-state index < -0.39 is 0 Å². The van der Waals surface area contributed by atoms with Gasteiger partial charge in [0, 0.05) is 31.8 Å². The van der Waals surface area contributed by atoms with Crippen LogP contribution in [0.4, 0.5) is 5.82 Å². The molecule has 1 aromatic heterocycles. The summed E-state index contributed by atoms with van der Waals surface area (Å²) in [5, 5.41) is 9.25. The second kappa shape index (κ2) is 8.14. The average Bonchev–Trinajstić information content (AvgIpc) is 3.24. The molecule has 5 heteroatoms. The van der Waals surface area contributed by atoms with E-state index >= 15 is 0 Å². The number of aliphatic hydroxyl groups excluding tert-OH is 1. The molecule has 0 saturated carbocycles. The first-order valence-electron chi connectivity index (χ1n) is 9.81. The van der Waals surface area contributed by atoms with Gasteiger partial charge in [-0.25, -0.2) is 4.98 Å². The van der Waals surface area contributed by atoms with Crippen LogP contribution in [0.2, 0.25) is 0 Å². The fourth-order valence-electron chi connectivity index (χ4n) is 3.95. The Bertz CT molecular complexity index is 687. The molecular formula is C21H28N4O. The Kier molecular flexibility index (Phi) is 5.46. The minimum absolute atomic E-state index is 0.333. The predicted molar refractivity (Wildman–Crippen MR) is 104 cm³/mol. The Morgan fingerprint density at radius 1 is 0.923 bits per heavy atom. The van der Waals surface area contributed by atoms with Gasteiger partial charge in [-0.15, -0.1) is 0 Å². The normalized spacial score (nSPS) is 19.2. The van der Waals surface area contributed by atoms with Crippen molar-refractivity contribution in [3.05, 3.63) is 42.2 Å². The summed E-state index contributed by atoms with van der Waals surface area (Å²) in [5.41, 5.74) is 3.38. The van der Waals surface area contributed by atoms with Crippen LogP contribution in [0.3, 0.4) is 0 Å². The quantitative estimate of drug-likeness (QED) is 0.897. The van der Waals surface area contributed by atoms with E-state index in [2.05, 4.69) is 44.0 Å². The number of hydrogen-bond acceptors (Lipinski definition) is 5. The van der Waals surface area contributed by atoms with E-state index in [0.29, 0.717) is 12.5 Å². The molecule has 3 heterocycles. The number of anilines is 1. The number of piperidine rings is 1. The largest absolute Gasteiger partial charge is 0.396 e. The second-order valence-corrected chi connectivity index (χ2v) is 7.55. The molecule has 2 saturated heterocycles. The second-order valence-electron chi connectivity index (χ2n) is 7.55. The highest BCUT2D eigenvalue weighted by Gasteiger charge is 2.18. The molecule has 0 radical (unpaired) electrons. The molecule has 5 nitrogen and oxygen atoms in total. The molecule has 0 spiro atoms. The number of likely N-dealkylation sites (tertiary alicyclic amines) is 1. The summed E-state index contributed by atoms with van der Waals surface area (Å²) in [7, 11) is 0. The lowest BCUT2D eigenvalue weighted by Crippen LogP contribution is -2.34. The van der Waals surface area contributed by atoms with Crippen molar-refractivity contribution in [3.63, 3.8) is 0 Å². The van der Waals surface area contributed by atoms with Crippen LogP contribution in [0.25, 0.3) is 11.3 Å². The molecule has 0 bridgehead atoms. The lowest BCUT2D eigenvalue weighted by atomic mass is 9.97. The molecule has 0 atom stereocenters. The maximum atomic E-state index is 9.25. The first-order valence-corrected chi connectivity index (χ1v) is 9.81. The third kappa shape index (κ3) is 4.05. The zero-order valence-electron chi connectivity index (χ0n) is 15.3. The fourth-order valence-corrected chi connectivity index (χ4v) is 3.95. The first kappa shape index (κ1) is 17.4. The van der Waals surface area contributed by atoms with Crippen LogP contribution >= 0.6 is 0 Å². The molecule has 4 rings (SSSR count). The van der Waals surface area contributed by atoms with E-state index in [0.717, 1.165) is 62.6 Å². The summed E-state index contributed by atoms with van der Waals surface area (Å²) in [6.07, 6.45) is 8.51. The van der Waals surface area contributed by atoms with Crippen LogP contribution in [-0.4, -0.2) is 52.8 Å². The number of nitrogens with zero attached hydrogens (tertiary/aromatic N) is 4. The Labute approximate surface area is 155 Å². The van der Waals surface area contributed by atoms with Crippen LogP contribution < -0.4 is 4.90 Å². The molecule has 2 aromatic rings. The Morgan fingerprint density at radius 2 is 1.65 bits per heavy atom. The van der Waals surface area contributed by atoms with Crippen molar-refractivity contribution >= 4 is 5.82 Å². The van der Waals surface area contributed by atoms with E-state index in [1.54, 1.807) is 0 Å². The van der Waals surface area contributed by atoms with Gasteiger partial charge in [-0.05, 0) is 50.3 Å². The molecule has 2 aliphatic heterocycles. The van der Waals surface area contributed by atoms with Crippen molar-refractivity contribution in [2.45, 2.75) is 32.2 Å². The van der Waals surface area contributed by atoms with Crippen LogP contribution in [0.5, 0.6) is 0 Å². The third-order valence-electron chi connectivity index (χ3n) is 5.69. The SMILES string of the molecule is OCC1CCN(Cc2ccc(-c3cnc(N4CCCC4)cn3)cc2)CC1. The zero-order valence-corrected chi connectivity index (χ0v) is 15.3. The predicted octanol–water partition coefficient (Wildman–Crippen LogP) is 2.95. The van der Waals surface area contributed by atoms with Crippen molar-refractivity contribution in [3.8, 4) is 11.3 Å². The Balaban J connectivity index is 1.36. The maximum absolute atomic E-state index is 9.25. The standard InChI is InChI=1S/C21H28N4O/c26-16-18-7-11-24(12-8-18)15-17-3-5-19(6-4-17)20-13-23-21(14-22-20)25-9-1-2-10-25/h3-6,13-14,18,26H,1-2,7-12,15-16H2. The van der Waals surface area contributed by atoms with Crippen molar-refractivity contribution in [1.29, 1.82) is 0 Å². The van der Waals surface area contributed by atoms with Gasteiger partial charge in [-0.1, -0.05) is 24.3 Å². The van der Waals surface area contributed by atoms with Crippen molar-refractivity contribution < 1.29 is 5.11 Å². The topological polar surface area (TPSA) is 52.5 Å². The number of rotatable bonds is 5. The Morgan fingerprint density at radius 3 is 2.27 bits per heavy atom. The van der Waals surface area contributed by atoms with Crippen molar-refractivity contribution in [2.75, 3.05) is 37.7 Å². The van der Waals surface area contributed by atoms with Crippen molar-refractivity contribution in [2.24, 2.45) is 5.92 Å². The molecule has 2 aliphatic rings. The van der Waals surface area contributed by atoms with Crippen LogP contribution in [0.1, 0.15) is 31.2 Å². The lowest BCUT2D eigenvalue weighted by Gasteiger charge is -2.31. The summed E-state index contributed by atoms with van der Waals surface area (Å²) in [5.74, 6) is 1.49. The van der Waals surface area contributed by atoms with Crippen molar-refractivity contribution in [1.82, 2.24) is 14.9 Å². The van der Waals surface area contributed by atoms with E-state index in [4.69, 9.17) is 0 Å². The average molecular weight is 352 g/mol. The monoisotopic (exact) mass is 352 g/mol. The van der Waals surface area contributed by atoms with E-state index in [9.17, 15) is 5.11 Å². The highest BCUT2D eigenvalue weighted by molar-refractivity contribution is 5.59. The number of hydrogen-bond donors (Lipinski definition) is 1. The van der Waals surface area contributed by atoms with Gasteiger partial charge in [0.05, 0.1) is 18.1 Å². The molecule has 0 aliphatic carbocycles.